The van der Waals surface area contributed by atoms with Gasteiger partial charge in [-0.05, 0) is 31.4 Å². The second-order valence-corrected chi connectivity index (χ2v) is 5.36. The predicted molar refractivity (Wildman–Crippen MR) is 74.5 cm³/mol. The van der Waals surface area contributed by atoms with Gasteiger partial charge in [0.1, 0.15) is 5.82 Å². The molecule has 0 radical (unpaired) electrons. The maximum Gasteiger partial charge on any atom is 0.311 e. The van der Waals surface area contributed by atoms with Crippen LogP contribution in [-0.4, -0.2) is 28.5 Å². The SMILES string of the molecule is Cc1ccnc(NCC2(C(=O)O)CCCC2)c1C(N)=O. The maximum atomic E-state index is 11.5. The van der Waals surface area contributed by atoms with E-state index in [2.05, 4.69) is 10.3 Å². The molecule has 0 spiro atoms. The molecule has 0 saturated heterocycles. The van der Waals surface area contributed by atoms with Crippen LogP contribution < -0.4 is 11.1 Å². The van der Waals surface area contributed by atoms with Crippen LogP contribution in [0.25, 0.3) is 0 Å². The molecule has 1 amide bonds. The molecule has 1 saturated carbocycles. The molecule has 0 atom stereocenters. The molecular formula is C14H19N3O3. The Bertz CT molecular complexity index is 536. The summed E-state index contributed by atoms with van der Waals surface area (Å²) in [7, 11) is 0. The molecule has 20 heavy (non-hydrogen) atoms. The fourth-order valence-corrected chi connectivity index (χ4v) is 2.77. The molecule has 1 heterocycles. The molecule has 6 heteroatoms. The summed E-state index contributed by atoms with van der Waals surface area (Å²) < 4.78 is 0. The summed E-state index contributed by atoms with van der Waals surface area (Å²) in [5, 5.41) is 12.4. The number of nitrogens with one attached hydrogen (secondary N) is 1. The van der Waals surface area contributed by atoms with Crippen LogP contribution in [0.1, 0.15) is 41.6 Å². The second-order valence-electron chi connectivity index (χ2n) is 5.36. The van der Waals surface area contributed by atoms with Crippen LogP contribution in [0.3, 0.4) is 0 Å². The highest BCUT2D eigenvalue weighted by Gasteiger charge is 2.41. The predicted octanol–water partition coefficient (Wildman–Crippen LogP) is 1.55. The number of anilines is 1. The number of carboxylic acids is 1. The number of primary amides is 1. The Labute approximate surface area is 117 Å². The molecule has 1 aromatic rings. The van der Waals surface area contributed by atoms with Crippen molar-refractivity contribution in [1.82, 2.24) is 4.98 Å². The van der Waals surface area contributed by atoms with E-state index in [0.717, 1.165) is 18.4 Å². The normalized spacial score (nSPS) is 16.9. The first-order chi connectivity index (χ1) is 9.46. The van der Waals surface area contributed by atoms with Gasteiger partial charge in [-0.1, -0.05) is 12.8 Å². The Morgan fingerprint density at radius 3 is 2.65 bits per heavy atom. The van der Waals surface area contributed by atoms with E-state index in [-0.39, 0.29) is 6.54 Å². The molecule has 108 valence electrons. The van der Waals surface area contributed by atoms with Crippen molar-refractivity contribution >= 4 is 17.7 Å². The van der Waals surface area contributed by atoms with Gasteiger partial charge in [-0.3, -0.25) is 9.59 Å². The standard InChI is InChI=1S/C14H19N3O3/c1-9-4-7-16-12(10(9)11(15)18)17-8-14(13(19)20)5-2-3-6-14/h4,7H,2-3,5-6,8H2,1H3,(H2,15,18)(H,16,17)(H,19,20). The van der Waals surface area contributed by atoms with Crippen LogP contribution in [0.5, 0.6) is 0 Å². The lowest BCUT2D eigenvalue weighted by atomic mass is 9.86. The van der Waals surface area contributed by atoms with Gasteiger partial charge in [-0.2, -0.15) is 0 Å². The lowest BCUT2D eigenvalue weighted by Gasteiger charge is -2.24. The van der Waals surface area contributed by atoms with Gasteiger partial charge in [-0.25, -0.2) is 4.98 Å². The zero-order valence-corrected chi connectivity index (χ0v) is 11.5. The van der Waals surface area contributed by atoms with Crippen LogP contribution in [0.4, 0.5) is 5.82 Å². The Hall–Kier alpha value is -2.11. The van der Waals surface area contributed by atoms with Gasteiger partial charge in [0.25, 0.3) is 5.91 Å². The van der Waals surface area contributed by atoms with E-state index in [1.165, 1.54) is 0 Å². The smallest absolute Gasteiger partial charge is 0.311 e. The van der Waals surface area contributed by atoms with Gasteiger partial charge in [0.2, 0.25) is 0 Å². The molecule has 6 nitrogen and oxygen atoms in total. The third-order valence-corrected chi connectivity index (χ3v) is 4.01. The Morgan fingerprint density at radius 1 is 1.45 bits per heavy atom. The number of rotatable bonds is 5. The van der Waals surface area contributed by atoms with E-state index < -0.39 is 17.3 Å². The third kappa shape index (κ3) is 2.59. The van der Waals surface area contributed by atoms with Gasteiger partial charge in [0.05, 0.1) is 11.0 Å². The van der Waals surface area contributed by atoms with Crippen molar-refractivity contribution in [1.29, 1.82) is 0 Å². The summed E-state index contributed by atoms with van der Waals surface area (Å²) in [5.41, 5.74) is 5.65. The Balaban J connectivity index is 2.21. The first-order valence-corrected chi connectivity index (χ1v) is 6.69. The lowest BCUT2D eigenvalue weighted by molar-refractivity contribution is -0.147. The molecule has 1 aromatic heterocycles. The van der Waals surface area contributed by atoms with Crippen molar-refractivity contribution in [3.8, 4) is 0 Å². The minimum atomic E-state index is -0.796. The Morgan fingerprint density at radius 2 is 2.10 bits per heavy atom. The van der Waals surface area contributed by atoms with Gasteiger partial charge >= 0.3 is 5.97 Å². The molecule has 1 aliphatic carbocycles. The fraction of sp³-hybridized carbons (Fsp3) is 0.500. The van der Waals surface area contributed by atoms with Crippen molar-refractivity contribution in [2.45, 2.75) is 32.6 Å². The van der Waals surface area contributed by atoms with E-state index in [0.29, 0.717) is 24.2 Å². The zero-order chi connectivity index (χ0) is 14.8. The van der Waals surface area contributed by atoms with Crippen LogP contribution in [0.15, 0.2) is 12.3 Å². The molecule has 2 rings (SSSR count). The van der Waals surface area contributed by atoms with Crippen molar-refractivity contribution in [2.24, 2.45) is 11.1 Å². The lowest BCUT2D eigenvalue weighted by Crippen LogP contribution is -2.36. The number of hydrogen-bond donors (Lipinski definition) is 3. The minimum absolute atomic E-state index is 0.263. The zero-order valence-electron chi connectivity index (χ0n) is 11.5. The number of carbonyl (C=O) groups is 2. The molecule has 1 fully saturated rings. The first kappa shape index (κ1) is 14.3. The van der Waals surface area contributed by atoms with Gasteiger partial charge in [0.15, 0.2) is 0 Å². The van der Waals surface area contributed by atoms with Crippen molar-refractivity contribution < 1.29 is 14.7 Å². The number of carboxylic acid groups (broad SMARTS) is 1. The van der Waals surface area contributed by atoms with Crippen LogP contribution in [0, 0.1) is 12.3 Å². The fourth-order valence-electron chi connectivity index (χ4n) is 2.77. The van der Waals surface area contributed by atoms with Gasteiger partial charge in [0, 0.05) is 12.7 Å². The van der Waals surface area contributed by atoms with E-state index in [4.69, 9.17) is 5.73 Å². The van der Waals surface area contributed by atoms with Gasteiger partial charge in [-0.15, -0.1) is 0 Å². The number of aliphatic carboxylic acids is 1. The van der Waals surface area contributed by atoms with Gasteiger partial charge < -0.3 is 16.2 Å². The first-order valence-electron chi connectivity index (χ1n) is 6.69. The number of aromatic nitrogens is 1. The summed E-state index contributed by atoms with van der Waals surface area (Å²) in [6.45, 7) is 2.04. The third-order valence-electron chi connectivity index (χ3n) is 4.01. The summed E-state index contributed by atoms with van der Waals surface area (Å²) >= 11 is 0. The average molecular weight is 277 g/mol. The summed E-state index contributed by atoms with van der Waals surface area (Å²) in [6.07, 6.45) is 4.70. The highest BCUT2D eigenvalue weighted by Crippen LogP contribution is 2.38. The van der Waals surface area contributed by atoms with Crippen molar-refractivity contribution in [2.75, 3.05) is 11.9 Å². The number of nitrogens with two attached hydrogens (primary N) is 1. The molecule has 0 aromatic carbocycles. The number of pyridine rings is 1. The molecule has 0 aliphatic heterocycles. The van der Waals surface area contributed by atoms with E-state index in [1.807, 2.05) is 0 Å². The largest absolute Gasteiger partial charge is 0.481 e. The Kier molecular flexibility index (Phi) is 3.92. The number of nitrogens with zero attached hydrogens (tertiary/aromatic N) is 1. The number of hydrogen-bond acceptors (Lipinski definition) is 4. The average Bonchev–Trinajstić information content (AvgIpc) is 2.86. The molecule has 1 aliphatic rings. The van der Waals surface area contributed by atoms with Crippen molar-refractivity contribution in [3.05, 3.63) is 23.4 Å². The molecular weight excluding hydrogens is 258 g/mol. The molecule has 0 unspecified atom stereocenters. The van der Waals surface area contributed by atoms with Crippen LogP contribution >= 0.6 is 0 Å². The highest BCUT2D eigenvalue weighted by atomic mass is 16.4. The monoisotopic (exact) mass is 277 g/mol. The van der Waals surface area contributed by atoms with E-state index in [1.54, 1.807) is 19.2 Å². The topological polar surface area (TPSA) is 105 Å². The van der Waals surface area contributed by atoms with E-state index in [9.17, 15) is 14.7 Å². The highest BCUT2D eigenvalue weighted by molar-refractivity contribution is 5.99. The molecule has 0 bridgehead atoms. The second kappa shape index (κ2) is 5.48. The number of aryl methyl sites for hydroxylation is 1. The van der Waals surface area contributed by atoms with Crippen LogP contribution in [0.2, 0.25) is 0 Å². The summed E-state index contributed by atoms with van der Waals surface area (Å²) in [5.74, 6) is -0.991. The number of carbonyl (C=O) groups excluding carboxylic acids is 1. The quantitative estimate of drug-likeness (QED) is 0.757. The molecule has 4 N–H and O–H groups in total. The summed E-state index contributed by atoms with van der Waals surface area (Å²) in [4.78, 5) is 27.1. The van der Waals surface area contributed by atoms with Crippen LogP contribution in [-0.2, 0) is 4.79 Å². The van der Waals surface area contributed by atoms with Crippen molar-refractivity contribution in [3.63, 3.8) is 0 Å². The summed E-state index contributed by atoms with van der Waals surface area (Å²) in [6, 6.07) is 1.70. The minimum Gasteiger partial charge on any atom is -0.481 e. The van der Waals surface area contributed by atoms with E-state index >= 15 is 0 Å². The number of amides is 1. The maximum absolute atomic E-state index is 11.5.